The van der Waals surface area contributed by atoms with Crippen LogP contribution in [-0.2, 0) is 11.3 Å². The van der Waals surface area contributed by atoms with E-state index in [1.54, 1.807) is 0 Å². The van der Waals surface area contributed by atoms with E-state index in [2.05, 4.69) is 0 Å². The van der Waals surface area contributed by atoms with E-state index in [1.807, 2.05) is 97.0 Å². The summed E-state index contributed by atoms with van der Waals surface area (Å²) in [6, 6.07) is 21.5. The Kier molecular flexibility index (Phi) is 7.15. The van der Waals surface area contributed by atoms with Crippen LogP contribution in [0, 0.1) is 13.8 Å². The summed E-state index contributed by atoms with van der Waals surface area (Å²) in [6.45, 7) is 7.58. The molecule has 1 aliphatic rings. The fourth-order valence-corrected chi connectivity index (χ4v) is 5.09. The molecular formula is C30H33N3O4. The zero-order chi connectivity index (χ0) is 25.9. The van der Waals surface area contributed by atoms with Crippen LogP contribution >= 0.6 is 0 Å². The number of fused-ring (bicyclic) bond motifs is 1. The third-order valence-corrected chi connectivity index (χ3v) is 6.86. The topological polar surface area (TPSA) is 76.8 Å². The molecule has 1 saturated heterocycles. The predicted octanol–water partition coefficient (Wildman–Crippen LogP) is 5.01. The number of imidazole rings is 1. The van der Waals surface area contributed by atoms with Gasteiger partial charge in [0.05, 0.1) is 24.2 Å². The molecule has 2 atom stereocenters. The Balaban J connectivity index is 1.36. The number of carbonyl (C=O) groups excluding carboxylic acids is 1. The largest absolute Gasteiger partial charge is 0.494 e. The number of hydrogen-bond acceptors (Lipinski definition) is 5. The van der Waals surface area contributed by atoms with Gasteiger partial charge in [-0.05, 0) is 68.3 Å². The fraction of sp³-hybridized carbons (Fsp3) is 0.333. The summed E-state index contributed by atoms with van der Waals surface area (Å²) in [4.78, 5) is 19.7. The quantitative estimate of drug-likeness (QED) is 0.350. The molecule has 0 saturated carbocycles. The molecular weight excluding hydrogens is 466 g/mol. The van der Waals surface area contributed by atoms with Crippen LogP contribution in [0.2, 0.25) is 0 Å². The SMILES string of the molecule is CCOc1ccc(N2CC(c3nc4ccccc4n3CC(O)COc3c(C)cccc3C)CC2=O)cc1. The maximum atomic E-state index is 13.0. The molecule has 1 N–H and O–H groups in total. The number of amides is 1. The molecule has 0 spiro atoms. The highest BCUT2D eigenvalue weighted by atomic mass is 16.5. The smallest absolute Gasteiger partial charge is 0.227 e. The molecule has 3 aromatic carbocycles. The summed E-state index contributed by atoms with van der Waals surface area (Å²) in [5.41, 5.74) is 4.73. The second-order valence-corrected chi connectivity index (χ2v) is 9.59. The molecule has 2 unspecified atom stereocenters. The van der Waals surface area contributed by atoms with E-state index in [9.17, 15) is 9.90 Å². The average molecular weight is 500 g/mol. The number of rotatable bonds is 9. The van der Waals surface area contributed by atoms with Crippen molar-refractivity contribution in [2.45, 2.75) is 45.8 Å². The summed E-state index contributed by atoms with van der Waals surface area (Å²) < 4.78 is 13.6. The van der Waals surface area contributed by atoms with Gasteiger partial charge in [-0.2, -0.15) is 0 Å². The average Bonchev–Trinajstić information content (AvgIpc) is 3.45. The molecule has 1 aromatic heterocycles. The minimum Gasteiger partial charge on any atom is -0.494 e. The molecule has 2 heterocycles. The lowest BCUT2D eigenvalue weighted by Gasteiger charge is -2.20. The minimum atomic E-state index is -0.741. The normalized spacial score (nSPS) is 16.4. The van der Waals surface area contributed by atoms with Gasteiger partial charge in [0.2, 0.25) is 5.91 Å². The van der Waals surface area contributed by atoms with Gasteiger partial charge in [-0.15, -0.1) is 0 Å². The minimum absolute atomic E-state index is 0.0617. The first-order valence-electron chi connectivity index (χ1n) is 12.8. The first-order valence-corrected chi connectivity index (χ1v) is 12.8. The predicted molar refractivity (Wildman–Crippen MR) is 144 cm³/mol. The van der Waals surface area contributed by atoms with Gasteiger partial charge < -0.3 is 24.0 Å². The van der Waals surface area contributed by atoms with Crippen LogP contribution < -0.4 is 14.4 Å². The number of nitrogens with zero attached hydrogens (tertiary/aromatic N) is 3. The summed E-state index contributed by atoms with van der Waals surface area (Å²) in [6.07, 6.45) is -0.374. The second-order valence-electron chi connectivity index (χ2n) is 9.59. The number of aliphatic hydroxyl groups is 1. The van der Waals surface area contributed by atoms with Crippen molar-refractivity contribution in [3.63, 3.8) is 0 Å². The summed E-state index contributed by atoms with van der Waals surface area (Å²) in [7, 11) is 0. The van der Waals surface area contributed by atoms with Crippen molar-refractivity contribution in [1.82, 2.24) is 9.55 Å². The van der Waals surface area contributed by atoms with Gasteiger partial charge in [-0.25, -0.2) is 4.98 Å². The van der Waals surface area contributed by atoms with Crippen molar-refractivity contribution in [2.75, 3.05) is 24.7 Å². The lowest BCUT2D eigenvalue weighted by Crippen LogP contribution is -2.26. The lowest BCUT2D eigenvalue weighted by atomic mass is 10.1. The number of anilines is 1. The van der Waals surface area contributed by atoms with Crippen molar-refractivity contribution < 1.29 is 19.4 Å². The highest BCUT2D eigenvalue weighted by Crippen LogP contribution is 2.34. The number of ether oxygens (including phenoxy) is 2. The second kappa shape index (κ2) is 10.6. The van der Waals surface area contributed by atoms with E-state index in [4.69, 9.17) is 14.5 Å². The number of aryl methyl sites for hydroxylation is 2. The molecule has 1 fully saturated rings. The first kappa shape index (κ1) is 24.8. The van der Waals surface area contributed by atoms with Crippen molar-refractivity contribution in [3.8, 4) is 11.5 Å². The summed E-state index contributed by atoms with van der Waals surface area (Å²) in [5.74, 6) is 2.39. The summed E-state index contributed by atoms with van der Waals surface area (Å²) in [5, 5.41) is 11.0. The molecule has 37 heavy (non-hydrogen) atoms. The van der Waals surface area contributed by atoms with E-state index in [-0.39, 0.29) is 18.4 Å². The highest BCUT2D eigenvalue weighted by molar-refractivity contribution is 5.96. The highest BCUT2D eigenvalue weighted by Gasteiger charge is 2.35. The maximum Gasteiger partial charge on any atom is 0.227 e. The van der Waals surface area contributed by atoms with Gasteiger partial charge in [0, 0.05) is 24.6 Å². The Labute approximate surface area is 217 Å². The standard InChI is InChI=1S/C30H33N3O4/c1-4-36-25-14-12-23(13-15-25)32-17-22(16-28(32)35)30-31-26-10-5-6-11-27(26)33(30)18-24(34)19-37-29-20(2)8-7-9-21(29)3/h5-15,22,24,34H,4,16-19H2,1-3H3. The van der Waals surface area contributed by atoms with Crippen molar-refractivity contribution in [2.24, 2.45) is 0 Å². The lowest BCUT2D eigenvalue weighted by molar-refractivity contribution is -0.117. The number of benzene rings is 3. The van der Waals surface area contributed by atoms with Crippen LogP contribution in [0.5, 0.6) is 11.5 Å². The molecule has 7 nitrogen and oxygen atoms in total. The van der Waals surface area contributed by atoms with Gasteiger partial charge in [-0.3, -0.25) is 4.79 Å². The Morgan fingerprint density at radius 2 is 1.73 bits per heavy atom. The van der Waals surface area contributed by atoms with Crippen LogP contribution in [0.4, 0.5) is 5.69 Å². The van der Waals surface area contributed by atoms with E-state index in [1.165, 1.54) is 0 Å². The van der Waals surface area contributed by atoms with Gasteiger partial charge in [0.25, 0.3) is 0 Å². The fourth-order valence-electron chi connectivity index (χ4n) is 5.09. The third-order valence-electron chi connectivity index (χ3n) is 6.86. The zero-order valence-corrected chi connectivity index (χ0v) is 21.6. The van der Waals surface area contributed by atoms with Crippen LogP contribution in [0.1, 0.15) is 36.2 Å². The van der Waals surface area contributed by atoms with Crippen LogP contribution in [0.25, 0.3) is 11.0 Å². The molecule has 7 heteroatoms. The van der Waals surface area contributed by atoms with Crippen molar-refractivity contribution in [3.05, 3.63) is 83.7 Å². The molecule has 0 bridgehead atoms. The van der Waals surface area contributed by atoms with Crippen molar-refractivity contribution >= 4 is 22.6 Å². The maximum absolute atomic E-state index is 13.0. The number of para-hydroxylation sites is 3. The first-order chi connectivity index (χ1) is 17.9. The Morgan fingerprint density at radius 1 is 1.00 bits per heavy atom. The van der Waals surface area contributed by atoms with E-state index >= 15 is 0 Å². The number of carbonyl (C=O) groups is 1. The van der Waals surface area contributed by atoms with Crippen LogP contribution in [0.3, 0.4) is 0 Å². The number of aliphatic hydroxyl groups excluding tert-OH is 1. The zero-order valence-electron chi connectivity index (χ0n) is 21.6. The van der Waals surface area contributed by atoms with Gasteiger partial charge >= 0.3 is 0 Å². The molecule has 1 amide bonds. The van der Waals surface area contributed by atoms with Gasteiger partial charge in [0.15, 0.2) is 0 Å². The third kappa shape index (κ3) is 5.18. The monoisotopic (exact) mass is 499 g/mol. The van der Waals surface area contributed by atoms with Crippen LogP contribution in [0.15, 0.2) is 66.7 Å². The molecule has 0 radical (unpaired) electrons. The van der Waals surface area contributed by atoms with E-state index < -0.39 is 6.10 Å². The molecule has 1 aliphatic heterocycles. The molecule has 0 aliphatic carbocycles. The Morgan fingerprint density at radius 3 is 2.46 bits per heavy atom. The molecule has 4 aromatic rings. The number of aromatic nitrogens is 2. The Hall–Kier alpha value is -3.84. The van der Waals surface area contributed by atoms with E-state index in [0.29, 0.717) is 26.1 Å². The van der Waals surface area contributed by atoms with Crippen molar-refractivity contribution in [1.29, 1.82) is 0 Å². The molecule has 5 rings (SSSR count). The van der Waals surface area contributed by atoms with Gasteiger partial charge in [-0.1, -0.05) is 30.3 Å². The number of hydrogen-bond donors (Lipinski definition) is 1. The van der Waals surface area contributed by atoms with Crippen LogP contribution in [-0.4, -0.2) is 46.4 Å². The van der Waals surface area contributed by atoms with Gasteiger partial charge in [0.1, 0.15) is 30.0 Å². The Bertz CT molecular complexity index is 1380. The molecule has 192 valence electrons. The van der Waals surface area contributed by atoms with E-state index in [0.717, 1.165) is 45.2 Å². The summed E-state index contributed by atoms with van der Waals surface area (Å²) >= 11 is 0.